The van der Waals surface area contributed by atoms with Crippen LogP contribution in [-0.4, -0.2) is 96.2 Å². The van der Waals surface area contributed by atoms with Crippen LogP contribution in [0.1, 0.15) is 44.1 Å². The van der Waals surface area contributed by atoms with Gasteiger partial charge in [-0.3, -0.25) is 14.8 Å². The molecule has 1 aromatic heterocycles. The van der Waals surface area contributed by atoms with E-state index in [1.165, 1.54) is 40.6 Å². The molecule has 0 spiro atoms. The number of rotatable bonds is 10. The predicted molar refractivity (Wildman–Crippen MR) is 181 cm³/mol. The number of pyridine rings is 1. The van der Waals surface area contributed by atoms with Crippen LogP contribution in [0, 0.1) is 5.92 Å². The molecule has 2 saturated heterocycles. The lowest BCUT2D eigenvalue weighted by atomic mass is 9.90. The number of alkyl halides is 2. The molecule has 2 aliphatic heterocycles. The Labute approximate surface area is 286 Å². The normalized spacial score (nSPS) is 23.9. The number of hydrogen-bond acceptors (Lipinski definition) is 8. The molecule has 3 aliphatic rings. The molecule has 1 saturated carbocycles. The number of halogens is 3. The molecule has 0 radical (unpaired) electrons. The number of sulfonamides is 1. The van der Waals surface area contributed by atoms with Crippen molar-refractivity contribution < 1.29 is 27.0 Å². The van der Waals surface area contributed by atoms with Crippen LogP contribution in [-0.2, 0) is 16.6 Å². The summed E-state index contributed by atoms with van der Waals surface area (Å²) in [5.74, 6) is -2.09. The standard InChI is InChI=1S/C35H44ClF2N5O4S/c36-28-10-15-31(40-20-28)27-8-6-25(7-9-27)21-41-18-19-43(32(22-41)34(44)42-17-16-33(39)35(37,38)24-42)48(45,46)30-13-11-29(12-14-30)47-23-26-4-2-1-3-5-26/h6-15,20,26,32-34,44H,1-5,16-19,21-24,39H2/t32-,33+,34?/m0/s1. The van der Waals surface area contributed by atoms with Crippen LogP contribution in [0.3, 0.4) is 0 Å². The summed E-state index contributed by atoms with van der Waals surface area (Å²) in [6.45, 7) is 1.11. The monoisotopic (exact) mass is 703 g/mol. The van der Waals surface area contributed by atoms with Crippen LogP contribution in [0.2, 0.25) is 5.02 Å². The summed E-state index contributed by atoms with van der Waals surface area (Å²) in [6.07, 6.45) is 6.09. The highest BCUT2D eigenvalue weighted by molar-refractivity contribution is 7.89. The van der Waals surface area contributed by atoms with Crippen LogP contribution in [0.15, 0.2) is 71.8 Å². The molecule has 1 unspecified atom stereocenters. The topological polar surface area (TPSA) is 112 Å². The summed E-state index contributed by atoms with van der Waals surface area (Å²) in [5.41, 5.74) is 8.37. The Kier molecular flexibility index (Phi) is 11.0. The van der Waals surface area contributed by atoms with E-state index in [0.717, 1.165) is 29.7 Å². The maximum Gasteiger partial charge on any atom is 0.275 e. The number of piperidine rings is 1. The minimum atomic E-state index is -4.09. The minimum Gasteiger partial charge on any atom is -0.493 e. The second-order valence-corrected chi connectivity index (χ2v) is 15.6. The largest absolute Gasteiger partial charge is 0.493 e. The van der Waals surface area contributed by atoms with Gasteiger partial charge in [0.05, 0.1) is 40.8 Å². The second-order valence-electron chi connectivity index (χ2n) is 13.3. The van der Waals surface area contributed by atoms with Gasteiger partial charge >= 0.3 is 0 Å². The van der Waals surface area contributed by atoms with E-state index in [-0.39, 0.29) is 31.0 Å². The summed E-state index contributed by atoms with van der Waals surface area (Å²) in [5, 5.41) is 12.1. The van der Waals surface area contributed by atoms with Gasteiger partial charge in [0.2, 0.25) is 10.0 Å². The zero-order valence-corrected chi connectivity index (χ0v) is 28.5. The molecule has 9 nitrogen and oxygen atoms in total. The third kappa shape index (κ3) is 8.18. The SMILES string of the molecule is N[C@@H]1CCN(C(O)[C@@H]2CN(Cc3ccc(-c4ccc(Cl)cn4)cc3)CCN2S(=O)(=O)c2ccc(OCC3CCCCC3)cc2)CC1(F)F. The van der Waals surface area contributed by atoms with Crippen LogP contribution in [0.5, 0.6) is 5.75 Å². The number of aromatic nitrogens is 1. The lowest BCUT2D eigenvalue weighted by Crippen LogP contribution is -2.66. The zero-order chi connectivity index (χ0) is 33.9. The van der Waals surface area contributed by atoms with Crippen molar-refractivity contribution in [1.29, 1.82) is 0 Å². The number of ether oxygens (including phenoxy) is 1. The number of hydrogen-bond donors (Lipinski definition) is 2. The van der Waals surface area contributed by atoms with Gasteiger partial charge in [0.1, 0.15) is 12.0 Å². The molecule has 3 aromatic rings. The summed E-state index contributed by atoms with van der Waals surface area (Å²) in [4.78, 5) is 7.74. The number of piperazine rings is 1. The Morgan fingerprint density at radius 2 is 1.71 bits per heavy atom. The van der Waals surface area contributed by atoms with E-state index < -0.39 is 40.8 Å². The van der Waals surface area contributed by atoms with Crippen molar-refractivity contribution in [1.82, 2.24) is 19.1 Å². The smallest absolute Gasteiger partial charge is 0.275 e. The van der Waals surface area contributed by atoms with Crippen LogP contribution >= 0.6 is 11.6 Å². The highest BCUT2D eigenvalue weighted by atomic mass is 35.5. The van der Waals surface area contributed by atoms with E-state index in [9.17, 15) is 22.3 Å². The Hall–Kier alpha value is -2.71. The average Bonchev–Trinajstić information content (AvgIpc) is 3.09. The summed E-state index contributed by atoms with van der Waals surface area (Å²) in [7, 11) is -4.09. The second kappa shape index (κ2) is 15.0. The molecule has 3 heterocycles. The van der Waals surface area contributed by atoms with Gasteiger partial charge in [-0.15, -0.1) is 0 Å². The lowest BCUT2D eigenvalue weighted by Gasteiger charge is -2.47. The van der Waals surface area contributed by atoms with Gasteiger partial charge < -0.3 is 15.6 Å². The highest BCUT2D eigenvalue weighted by Gasteiger charge is 2.48. The van der Waals surface area contributed by atoms with E-state index in [2.05, 4.69) is 4.98 Å². The molecule has 3 N–H and O–H groups in total. The van der Waals surface area contributed by atoms with Crippen molar-refractivity contribution in [2.45, 2.75) is 74.2 Å². The van der Waals surface area contributed by atoms with E-state index in [1.54, 1.807) is 24.4 Å². The maximum absolute atomic E-state index is 14.7. The molecule has 0 bridgehead atoms. The van der Waals surface area contributed by atoms with Crippen LogP contribution in [0.4, 0.5) is 8.78 Å². The van der Waals surface area contributed by atoms with Crippen molar-refractivity contribution >= 4 is 21.6 Å². The lowest BCUT2D eigenvalue weighted by molar-refractivity contribution is -0.142. The number of benzene rings is 2. The van der Waals surface area contributed by atoms with Gasteiger partial charge in [-0.2, -0.15) is 4.31 Å². The summed E-state index contributed by atoms with van der Waals surface area (Å²) in [6, 6.07) is 15.6. The summed E-state index contributed by atoms with van der Waals surface area (Å²) >= 11 is 5.97. The Bertz CT molecular complexity index is 1610. The van der Waals surface area contributed by atoms with E-state index >= 15 is 0 Å². The van der Waals surface area contributed by atoms with E-state index in [0.29, 0.717) is 36.4 Å². The highest BCUT2D eigenvalue weighted by Crippen LogP contribution is 2.32. The van der Waals surface area contributed by atoms with Gasteiger partial charge in [0.25, 0.3) is 5.92 Å². The third-order valence-corrected chi connectivity index (χ3v) is 12.0. The number of nitrogens with two attached hydrogens (primary N) is 1. The first-order valence-corrected chi connectivity index (χ1v) is 18.5. The predicted octanol–water partition coefficient (Wildman–Crippen LogP) is 5.22. The Morgan fingerprint density at radius 1 is 0.979 bits per heavy atom. The molecule has 6 rings (SSSR count). The molecular weight excluding hydrogens is 660 g/mol. The quantitative estimate of drug-likeness (QED) is 0.296. The van der Waals surface area contributed by atoms with Gasteiger partial charge in [-0.1, -0.05) is 55.1 Å². The van der Waals surface area contributed by atoms with Crippen molar-refractivity contribution in [2.24, 2.45) is 11.7 Å². The van der Waals surface area contributed by atoms with Crippen LogP contribution in [0.25, 0.3) is 11.3 Å². The van der Waals surface area contributed by atoms with Gasteiger partial charge in [0, 0.05) is 44.5 Å². The Morgan fingerprint density at radius 3 is 2.38 bits per heavy atom. The van der Waals surface area contributed by atoms with Gasteiger partial charge in [0.15, 0.2) is 0 Å². The first kappa shape index (κ1) is 35.1. The van der Waals surface area contributed by atoms with Crippen molar-refractivity contribution in [3.63, 3.8) is 0 Å². The molecule has 2 aromatic carbocycles. The maximum atomic E-state index is 14.7. The first-order chi connectivity index (χ1) is 23.0. The van der Waals surface area contributed by atoms with Crippen LogP contribution < -0.4 is 10.5 Å². The van der Waals surface area contributed by atoms with E-state index in [4.69, 9.17) is 22.1 Å². The molecule has 48 heavy (non-hydrogen) atoms. The minimum absolute atomic E-state index is 0.00953. The van der Waals surface area contributed by atoms with Gasteiger partial charge in [-0.05, 0) is 67.1 Å². The third-order valence-electron chi connectivity index (χ3n) is 9.88. The fourth-order valence-electron chi connectivity index (χ4n) is 6.99. The fraction of sp³-hybridized carbons (Fsp3) is 0.514. The average molecular weight is 704 g/mol. The summed E-state index contributed by atoms with van der Waals surface area (Å²) < 4.78 is 64.8. The molecule has 3 atom stereocenters. The van der Waals surface area contributed by atoms with Crippen molar-refractivity contribution in [3.05, 3.63) is 77.4 Å². The molecule has 1 aliphatic carbocycles. The zero-order valence-electron chi connectivity index (χ0n) is 26.9. The molecular formula is C35H44ClF2N5O4S. The van der Waals surface area contributed by atoms with E-state index in [1.807, 2.05) is 35.2 Å². The first-order valence-electron chi connectivity index (χ1n) is 16.7. The number of nitrogens with zero attached hydrogens (tertiary/aromatic N) is 4. The Balaban J connectivity index is 1.18. The molecule has 0 amide bonds. The molecule has 13 heteroatoms. The molecule has 3 fully saturated rings. The van der Waals surface area contributed by atoms with Gasteiger partial charge in [-0.25, -0.2) is 17.2 Å². The van der Waals surface area contributed by atoms with Crippen molar-refractivity contribution in [3.8, 4) is 17.0 Å². The fourth-order valence-corrected chi connectivity index (χ4v) is 8.70. The number of likely N-dealkylation sites (tertiary alicyclic amines) is 1. The number of aliphatic hydroxyl groups excluding tert-OH is 1. The van der Waals surface area contributed by atoms with Crippen molar-refractivity contribution in [2.75, 3.05) is 39.3 Å². The number of aliphatic hydroxyl groups is 1. The molecule has 260 valence electrons.